The number of hydrogen-bond acceptors (Lipinski definition) is 2. The lowest BCUT2D eigenvalue weighted by Gasteiger charge is -2.17. The first-order valence-corrected chi connectivity index (χ1v) is 7.07. The van der Waals surface area contributed by atoms with E-state index in [9.17, 15) is 14.0 Å². The zero-order valence-electron chi connectivity index (χ0n) is 11.9. The molecule has 0 saturated heterocycles. The fraction of sp³-hybridized carbons (Fsp3) is 0.176. The number of carbonyl (C=O) groups is 2. The number of hydrogen-bond donors (Lipinski definition) is 1. The van der Waals surface area contributed by atoms with E-state index in [0.29, 0.717) is 25.1 Å². The number of anilines is 1. The van der Waals surface area contributed by atoms with E-state index < -0.39 is 0 Å². The molecule has 22 heavy (non-hydrogen) atoms. The summed E-state index contributed by atoms with van der Waals surface area (Å²) < 4.78 is 12.8. The highest BCUT2D eigenvalue weighted by Gasteiger charge is 2.26. The van der Waals surface area contributed by atoms with Gasteiger partial charge in [-0.25, -0.2) is 4.39 Å². The van der Waals surface area contributed by atoms with Crippen LogP contribution in [0.5, 0.6) is 0 Å². The van der Waals surface area contributed by atoms with E-state index in [1.54, 1.807) is 4.90 Å². The maximum atomic E-state index is 12.8. The molecule has 0 bridgehead atoms. The first-order valence-electron chi connectivity index (χ1n) is 7.07. The molecule has 0 aliphatic carbocycles. The van der Waals surface area contributed by atoms with Crippen LogP contribution in [0.1, 0.15) is 15.9 Å². The lowest BCUT2D eigenvalue weighted by molar-refractivity contribution is -0.117. The van der Waals surface area contributed by atoms with Crippen LogP contribution in [0.2, 0.25) is 0 Å². The van der Waals surface area contributed by atoms with E-state index in [2.05, 4.69) is 5.32 Å². The van der Waals surface area contributed by atoms with E-state index >= 15 is 0 Å². The Kier molecular flexibility index (Phi) is 3.87. The van der Waals surface area contributed by atoms with Crippen LogP contribution in [-0.2, 0) is 11.2 Å². The molecular weight excluding hydrogens is 283 g/mol. The number of halogens is 1. The summed E-state index contributed by atoms with van der Waals surface area (Å²) in [6.07, 6.45) is 0.405. The predicted molar refractivity (Wildman–Crippen MR) is 81.2 cm³/mol. The van der Waals surface area contributed by atoms with Crippen molar-refractivity contribution in [1.29, 1.82) is 0 Å². The summed E-state index contributed by atoms with van der Waals surface area (Å²) in [6.45, 7) is 0.763. The molecule has 0 radical (unpaired) electrons. The van der Waals surface area contributed by atoms with Crippen molar-refractivity contribution in [3.05, 3.63) is 65.5 Å². The zero-order valence-corrected chi connectivity index (χ0v) is 11.9. The average Bonchev–Trinajstić information content (AvgIpc) is 2.84. The Labute approximate surface area is 127 Å². The van der Waals surface area contributed by atoms with Gasteiger partial charge in [-0.15, -0.1) is 0 Å². The van der Waals surface area contributed by atoms with Crippen LogP contribution in [0.25, 0.3) is 0 Å². The standard InChI is InChI=1S/C17H15FN2O2/c18-14-7-5-12(6-8-14)17(22)19-9-10-20-15-4-2-1-3-13(15)11-16(20)21/h1-8H,9-11H2,(H,19,22). The Hall–Kier alpha value is -2.69. The Bertz CT molecular complexity index is 713. The van der Waals surface area contributed by atoms with Gasteiger partial charge in [-0.1, -0.05) is 18.2 Å². The summed E-state index contributed by atoms with van der Waals surface area (Å²) in [6, 6.07) is 13.0. The van der Waals surface area contributed by atoms with Gasteiger partial charge in [-0.05, 0) is 35.9 Å². The maximum absolute atomic E-state index is 12.8. The fourth-order valence-corrected chi connectivity index (χ4v) is 2.55. The molecule has 0 aromatic heterocycles. The van der Waals surface area contributed by atoms with Crippen molar-refractivity contribution in [1.82, 2.24) is 5.32 Å². The topological polar surface area (TPSA) is 49.4 Å². The molecule has 112 valence electrons. The smallest absolute Gasteiger partial charge is 0.251 e. The number of carbonyl (C=O) groups excluding carboxylic acids is 2. The first-order chi connectivity index (χ1) is 10.6. The minimum absolute atomic E-state index is 0.0391. The molecule has 0 unspecified atom stereocenters. The molecule has 0 fully saturated rings. The summed E-state index contributed by atoms with van der Waals surface area (Å²) in [7, 11) is 0. The quantitative estimate of drug-likeness (QED) is 0.940. The molecule has 5 heteroatoms. The van der Waals surface area contributed by atoms with Crippen molar-refractivity contribution in [2.45, 2.75) is 6.42 Å². The Morgan fingerprint density at radius 3 is 2.64 bits per heavy atom. The highest BCUT2D eigenvalue weighted by Crippen LogP contribution is 2.27. The Morgan fingerprint density at radius 2 is 1.86 bits per heavy atom. The van der Waals surface area contributed by atoms with Gasteiger partial charge < -0.3 is 10.2 Å². The molecular formula is C17H15FN2O2. The highest BCUT2D eigenvalue weighted by molar-refractivity contribution is 6.01. The van der Waals surface area contributed by atoms with Crippen molar-refractivity contribution in [3.63, 3.8) is 0 Å². The summed E-state index contributed by atoms with van der Waals surface area (Å²) in [5.74, 6) is -0.618. The number of amides is 2. The number of fused-ring (bicyclic) bond motifs is 1. The predicted octanol–water partition coefficient (Wildman–Crippen LogP) is 2.14. The third kappa shape index (κ3) is 2.83. The van der Waals surface area contributed by atoms with Crippen LogP contribution in [0.3, 0.4) is 0 Å². The molecule has 1 heterocycles. The van der Waals surface area contributed by atoms with E-state index in [1.807, 2.05) is 24.3 Å². The summed E-state index contributed by atoms with van der Waals surface area (Å²) in [5.41, 5.74) is 2.32. The van der Waals surface area contributed by atoms with Crippen molar-refractivity contribution in [3.8, 4) is 0 Å². The van der Waals surface area contributed by atoms with Gasteiger partial charge in [0.2, 0.25) is 5.91 Å². The molecule has 0 saturated carbocycles. The van der Waals surface area contributed by atoms with Crippen LogP contribution in [0.4, 0.5) is 10.1 Å². The summed E-state index contributed by atoms with van der Waals surface area (Å²) in [4.78, 5) is 25.6. The monoisotopic (exact) mass is 298 g/mol. The number of nitrogens with zero attached hydrogens (tertiary/aromatic N) is 1. The summed E-state index contributed by atoms with van der Waals surface area (Å²) in [5, 5.41) is 2.74. The van der Waals surface area contributed by atoms with Gasteiger partial charge in [-0.2, -0.15) is 0 Å². The molecule has 4 nitrogen and oxygen atoms in total. The van der Waals surface area contributed by atoms with Gasteiger partial charge in [-0.3, -0.25) is 9.59 Å². The van der Waals surface area contributed by atoms with Gasteiger partial charge in [0.15, 0.2) is 0 Å². The first kappa shape index (κ1) is 14.3. The van der Waals surface area contributed by atoms with Gasteiger partial charge in [0.05, 0.1) is 6.42 Å². The second-order valence-electron chi connectivity index (χ2n) is 5.11. The number of rotatable bonds is 4. The lowest BCUT2D eigenvalue weighted by Crippen LogP contribution is -2.36. The van der Waals surface area contributed by atoms with Crippen molar-refractivity contribution >= 4 is 17.5 Å². The van der Waals surface area contributed by atoms with Gasteiger partial charge >= 0.3 is 0 Å². The second-order valence-corrected chi connectivity index (χ2v) is 5.11. The SMILES string of the molecule is O=C(NCCN1C(=O)Cc2ccccc21)c1ccc(F)cc1. The molecule has 3 rings (SSSR count). The Morgan fingerprint density at radius 1 is 1.14 bits per heavy atom. The number of benzene rings is 2. The third-order valence-electron chi connectivity index (χ3n) is 3.65. The molecule has 2 aromatic carbocycles. The Balaban J connectivity index is 1.58. The third-order valence-corrected chi connectivity index (χ3v) is 3.65. The number of para-hydroxylation sites is 1. The molecule has 2 amide bonds. The summed E-state index contributed by atoms with van der Waals surface area (Å²) >= 11 is 0. The van der Waals surface area contributed by atoms with Crippen LogP contribution < -0.4 is 10.2 Å². The van der Waals surface area contributed by atoms with Crippen molar-refractivity contribution in [2.24, 2.45) is 0 Å². The van der Waals surface area contributed by atoms with E-state index in [4.69, 9.17) is 0 Å². The second kappa shape index (κ2) is 5.97. The van der Waals surface area contributed by atoms with Gasteiger partial charge in [0, 0.05) is 24.3 Å². The fourth-order valence-electron chi connectivity index (χ4n) is 2.55. The van der Waals surface area contributed by atoms with Crippen molar-refractivity contribution in [2.75, 3.05) is 18.0 Å². The van der Waals surface area contributed by atoms with Gasteiger partial charge in [0.25, 0.3) is 5.91 Å². The minimum Gasteiger partial charge on any atom is -0.350 e. The van der Waals surface area contributed by atoms with Crippen molar-refractivity contribution < 1.29 is 14.0 Å². The van der Waals surface area contributed by atoms with Gasteiger partial charge in [0.1, 0.15) is 5.82 Å². The van der Waals surface area contributed by atoms with E-state index in [0.717, 1.165) is 11.3 Å². The minimum atomic E-state index is -0.379. The zero-order chi connectivity index (χ0) is 15.5. The number of nitrogens with one attached hydrogen (secondary N) is 1. The normalized spacial score (nSPS) is 13.1. The van der Waals surface area contributed by atoms with Crippen LogP contribution >= 0.6 is 0 Å². The van der Waals surface area contributed by atoms with Crippen LogP contribution in [0, 0.1) is 5.82 Å². The highest BCUT2D eigenvalue weighted by atomic mass is 19.1. The molecule has 0 atom stereocenters. The molecule has 0 spiro atoms. The van der Waals surface area contributed by atoms with E-state index in [1.165, 1.54) is 24.3 Å². The van der Waals surface area contributed by atoms with Crippen LogP contribution in [0.15, 0.2) is 48.5 Å². The molecule has 1 N–H and O–H groups in total. The average molecular weight is 298 g/mol. The van der Waals surface area contributed by atoms with E-state index in [-0.39, 0.29) is 17.6 Å². The molecule has 1 aliphatic heterocycles. The molecule has 1 aliphatic rings. The lowest BCUT2D eigenvalue weighted by atomic mass is 10.2. The largest absolute Gasteiger partial charge is 0.350 e. The van der Waals surface area contributed by atoms with Crippen LogP contribution in [-0.4, -0.2) is 24.9 Å². The maximum Gasteiger partial charge on any atom is 0.251 e. The molecule has 2 aromatic rings.